The summed E-state index contributed by atoms with van der Waals surface area (Å²) in [5, 5.41) is 5.68. The first-order valence-corrected chi connectivity index (χ1v) is 25.9. The summed E-state index contributed by atoms with van der Waals surface area (Å²) < 4.78 is 0. The van der Waals surface area contributed by atoms with Crippen LogP contribution in [-0.4, -0.2) is 6.88 Å². The van der Waals surface area contributed by atoms with Gasteiger partial charge in [0, 0.05) is 0 Å². The fraction of sp³-hybridized carbons (Fsp3) is 0.429. The van der Waals surface area contributed by atoms with Gasteiger partial charge in [0.2, 0.25) is 0 Å². The van der Waals surface area contributed by atoms with Gasteiger partial charge >= 0.3 is 30.2 Å². The second kappa shape index (κ2) is 20.1. The van der Waals surface area contributed by atoms with Crippen molar-refractivity contribution in [3.8, 4) is 22.3 Å². The molecule has 0 unspecified atom stereocenters. The van der Waals surface area contributed by atoms with Gasteiger partial charge in [0.15, 0.2) is 0 Å². The van der Waals surface area contributed by atoms with Crippen molar-refractivity contribution in [1.29, 1.82) is 0 Å². The number of benzene rings is 4. The van der Waals surface area contributed by atoms with Gasteiger partial charge in [-0.1, -0.05) is 113 Å². The Kier molecular flexibility index (Phi) is 16.9. The Balaban J connectivity index is 0.000000239. The van der Waals surface area contributed by atoms with E-state index in [0.29, 0.717) is 10.8 Å². The van der Waals surface area contributed by atoms with Gasteiger partial charge in [-0.15, -0.1) is 93.9 Å². The maximum absolute atomic E-state index is 3.06. The van der Waals surface area contributed by atoms with Crippen LogP contribution in [0.2, 0.25) is 0 Å². The normalized spacial score (nSPS) is 22.4. The monoisotopic (exact) mass is 930 g/mol. The molecule has 4 aliphatic carbocycles. The summed E-state index contributed by atoms with van der Waals surface area (Å²) in [5.41, 5.74) is 13.0. The molecule has 320 valence electrons. The molecule has 2 radical (unpaired) electrons. The maximum atomic E-state index is 3.06. The molecule has 4 saturated carbocycles. The molecule has 0 heterocycles. The Morgan fingerprint density at radius 2 is 0.867 bits per heavy atom. The van der Waals surface area contributed by atoms with E-state index in [1.165, 1.54) is 155 Å². The van der Waals surface area contributed by atoms with E-state index >= 15 is 0 Å². The number of fused-ring (bicyclic) bond motifs is 6. The van der Waals surface area contributed by atoms with Gasteiger partial charge < -0.3 is 14.9 Å². The van der Waals surface area contributed by atoms with Crippen molar-refractivity contribution in [3.63, 3.8) is 0 Å². The second-order valence-corrected chi connectivity index (χ2v) is 20.6. The van der Waals surface area contributed by atoms with E-state index in [0.717, 1.165) is 11.8 Å². The van der Waals surface area contributed by atoms with Crippen molar-refractivity contribution >= 4 is 53.2 Å². The first kappa shape index (κ1) is 50.4. The van der Waals surface area contributed by atoms with Crippen LogP contribution in [0.15, 0.2) is 109 Å². The van der Waals surface area contributed by atoms with Crippen molar-refractivity contribution in [1.82, 2.24) is 0 Å². The van der Waals surface area contributed by atoms with Crippen LogP contribution >= 0.6 is 24.8 Å². The van der Waals surface area contributed by atoms with E-state index in [1.54, 1.807) is 11.1 Å². The fourth-order valence-corrected chi connectivity index (χ4v) is 11.6. The van der Waals surface area contributed by atoms with Gasteiger partial charge in [-0.05, 0) is 133 Å². The summed E-state index contributed by atoms with van der Waals surface area (Å²) in [6, 6.07) is 41.9. The van der Waals surface area contributed by atoms with Crippen LogP contribution in [0.3, 0.4) is 0 Å². The quantitative estimate of drug-likeness (QED) is 0.115. The molecule has 4 aliphatic rings. The first-order valence-electron chi connectivity index (χ1n) is 21.7. The zero-order valence-electron chi connectivity index (χ0n) is 37.8. The molecule has 4 heteroatoms. The summed E-state index contributed by atoms with van der Waals surface area (Å²) in [5.74, 6) is 2.07. The summed E-state index contributed by atoms with van der Waals surface area (Å²) in [7, 11) is 0. The molecule has 0 aliphatic heterocycles. The van der Waals surface area contributed by atoms with Crippen molar-refractivity contribution in [2.45, 2.75) is 129 Å². The van der Waals surface area contributed by atoms with E-state index < -0.39 is 0 Å². The number of hydrogen-bond donors (Lipinski definition) is 0. The zero-order valence-corrected chi connectivity index (χ0v) is 42.9. The predicted molar refractivity (Wildman–Crippen MR) is 266 cm³/mol. The minimum absolute atomic E-state index is 0. The molecule has 0 amide bonds. The van der Waals surface area contributed by atoms with Crippen LogP contribution in [0.25, 0.3) is 43.8 Å². The van der Waals surface area contributed by atoms with E-state index in [4.69, 9.17) is 0 Å². The van der Waals surface area contributed by atoms with Gasteiger partial charge in [-0.25, -0.2) is 0 Å². The van der Waals surface area contributed by atoms with E-state index in [-0.39, 0.29) is 50.5 Å². The molecule has 0 aromatic heterocycles. The Morgan fingerprint density at radius 1 is 0.533 bits per heavy atom. The molecule has 6 aromatic carbocycles. The number of rotatable bonds is 6. The Hall–Kier alpha value is -2.22. The van der Waals surface area contributed by atoms with E-state index in [2.05, 4.69) is 158 Å². The third kappa shape index (κ3) is 10.6. The average molecular weight is 933 g/mol. The summed E-state index contributed by atoms with van der Waals surface area (Å²) in [6.07, 6.45) is 17.3. The standard InChI is InChI=1S/2C27H31.2CH3.2ClH.Si.Zr/c2*1-26(2,3)23-9-7-21(8-10-23)24-6-4-5-22-15-20(16-25(22)24)18-27-13-11-19(17-27)12-14-27;;;;;;/h2*4-10,15-16,19H,11-14,17-18H2,1-3H3;2*1H3;2*1H;;/q4*-1;;;;. The minimum atomic E-state index is 0. The Labute approximate surface area is 394 Å². The molecule has 0 atom stereocenters. The molecule has 0 saturated heterocycles. The van der Waals surface area contributed by atoms with Crippen molar-refractivity contribution in [3.05, 3.63) is 146 Å². The van der Waals surface area contributed by atoms with Crippen LogP contribution in [0, 0.1) is 37.5 Å². The second-order valence-electron chi connectivity index (χ2n) is 20.6. The molecule has 60 heavy (non-hydrogen) atoms. The molecule has 4 bridgehead atoms. The van der Waals surface area contributed by atoms with Crippen molar-refractivity contribution < 1.29 is 23.3 Å². The van der Waals surface area contributed by atoms with E-state index in [9.17, 15) is 0 Å². The molecule has 4 fully saturated rings. The van der Waals surface area contributed by atoms with Gasteiger partial charge in [-0.3, -0.25) is 0 Å². The third-order valence-corrected chi connectivity index (χ3v) is 14.7. The molecule has 10 rings (SSSR count). The topological polar surface area (TPSA) is 0 Å². The van der Waals surface area contributed by atoms with Crippen molar-refractivity contribution in [2.24, 2.45) is 22.7 Å². The summed E-state index contributed by atoms with van der Waals surface area (Å²) >= 11 is 1.36. The Morgan fingerprint density at radius 3 is 1.15 bits per heavy atom. The SMILES string of the molecule is CC(C)(C)c1ccc(-c2cccc3[cH-]c(CC45CCC(CC4)C5)cc23)cc1.CC(C)(C)c1ccc(-c2cccc3[cH-]c(CC45CCC(CC4)C5)cc23)cc1.Cl.Cl.[CH3-].[CH3-].[Si]=[Zr]. The first-order chi connectivity index (χ1) is 26.8. The van der Waals surface area contributed by atoms with E-state index in [1.807, 2.05) is 0 Å². The fourth-order valence-electron chi connectivity index (χ4n) is 11.6. The van der Waals surface area contributed by atoms with Gasteiger partial charge in [-0.2, -0.15) is 12.1 Å². The van der Waals surface area contributed by atoms with Crippen LogP contribution < -0.4 is 0 Å². The summed E-state index contributed by atoms with van der Waals surface area (Å²) in [6.45, 7) is 16.7. The molecule has 0 spiro atoms. The molecule has 6 aromatic rings. The predicted octanol–water partition coefficient (Wildman–Crippen LogP) is 16.7. The van der Waals surface area contributed by atoms with Crippen LogP contribution in [0.4, 0.5) is 0 Å². The van der Waals surface area contributed by atoms with Gasteiger partial charge in [0.25, 0.3) is 0 Å². The molecule has 0 N–H and O–H groups in total. The molecular formula is C56H70Cl2SiZr-4. The number of halogens is 2. The molecular weight excluding hydrogens is 863 g/mol. The average Bonchev–Trinajstić information content (AvgIpc) is 4.06. The van der Waals surface area contributed by atoms with Crippen molar-refractivity contribution in [2.75, 3.05) is 0 Å². The third-order valence-electron chi connectivity index (χ3n) is 14.7. The van der Waals surface area contributed by atoms with Crippen LogP contribution in [-0.2, 0) is 47.0 Å². The van der Waals surface area contributed by atoms with Gasteiger partial charge in [0.05, 0.1) is 0 Å². The molecule has 0 nitrogen and oxygen atoms in total. The van der Waals surface area contributed by atoms with Crippen LogP contribution in [0.1, 0.15) is 128 Å². The van der Waals surface area contributed by atoms with Gasteiger partial charge in [0.1, 0.15) is 0 Å². The summed E-state index contributed by atoms with van der Waals surface area (Å²) in [4.78, 5) is 0. The Bertz CT molecular complexity index is 2120. The number of hydrogen-bond acceptors (Lipinski definition) is 0. The van der Waals surface area contributed by atoms with Crippen LogP contribution in [0.5, 0.6) is 0 Å². The zero-order chi connectivity index (χ0) is 39.3.